The molecule has 0 spiro atoms. The van der Waals surface area contributed by atoms with Gasteiger partial charge in [0.15, 0.2) is 0 Å². The smallest absolute Gasteiger partial charge is 0.254 e. The van der Waals surface area contributed by atoms with E-state index in [9.17, 15) is 4.79 Å². The molecule has 0 bridgehead atoms. The highest BCUT2D eigenvalue weighted by molar-refractivity contribution is 5.93. The molecule has 1 aliphatic heterocycles. The van der Waals surface area contributed by atoms with Crippen LogP contribution < -0.4 is 10.2 Å². The van der Waals surface area contributed by atoms with Gasteiger partial charge >= 0.3 is 0 Å². The molecule has 0 saturated carbocycles. The second kappa shape index (κ2) is 7.99. The van der Waals surface area contributed by atoms with Gasteiger partial charge < -0.3 is 10.2 Å². The van der Waals surface area contributed by atoms with Gasteiger partial charge in [-0.2, -0.15) is 0 Å². The predicted octanol–water partition coefficient (Wildman–Crippen LogP) is 3.53. The fourth-order valence-corrected chi connectivity index (χ4v) is 3.37. The number of carbonyl (C=O) groups excluding carboxylic acids is 1. The third kappa shape index (κ3) is 3.97. The van der Waals surface area contributed by atoms with Crippen LogP contribution in [0.1, 0.15) is 27.9 Å². The summed E-state index contributed by atoms with van der Waals surface area (Å²) in [6.45, 7) is 1.50. The Kier molecular flexibility index (Phi) is 5.10. The van der Waals surface area contributed by atoms with Crippen molar-refractivity contribution in [3.05, 3.63) is 83.7 Å². The van der Waals surface area contributed by atoms with Crippen molar-refractivity contribution in [3.63, 3.8) is 0 Å². The lowest BCUT2D eigenvalue weighted by Gasteiger charge is -2.16. The Labute approximate surface area is 159 Å². The van der Waals surface area contributed by atoms with Crippen molar-refractivity contribution in [1.82, 2.24) is 15.3 Å². The van der Waals surface area contributed by atoms with Gasteiger partial charge in [0.05, 0.1) is 5.56 Å². The number of hydrogen-bond donors (Lipinski definition) is 1. The monoisotopic (exact) mass is 358 g/mol. The Morgan fingerprint density at radius 1 is 1.00 bits per heavy atom. The van der Waals surface area contributed by atoms with Gasteiger partial charge in [0.1, 0.15) is 0 Å². The molecular formula is C22H22N4O. The average molecular weight is 358 g/mol. The largest absolute Gasteiger partial charge is 0.352 e. The number of nitrogens with one attached hydrogen (secondary N) is 1. The van der Waals surface area contributed by atoms with E-state index >= 15 is 0 Å². The molecule has 136 valence electrons. The zero-order valence-electron chi connectivity index (χ0n) is 15.1. The summed E-state index contributed by atoms with van der Waals surface area (Å²) in [5.41, 5.74) is 4.23. The number of para-hydroxylation sites is 1. The molecule has 0 atom stereocenters. The Balaban J connectivity index is 1.32. The number of benzene rings is 2. The number of carbonyl (C=O) groups is 1. The lowest BCUT2D eigenvalue weighted by atomic mass is 10.1. The minimum absolute atomic E-state index is 0.128. The van der Waals surface area contributed by atoms with E-state index in [1.54, 1.807) is 12.4 Å². The number of fused-ring (bicyclic) bond motifs is 1. The summed E-state index contributed by atoms with van der Waals surface area (Å²) < 4.78 is 0. The molecule has 27 heavy (non-hydrogen) atoms. The molecule has 4 rings (SSSR count). The molecular weight excluding hydrogens is 336 g/mol. The van der Waals surface area contributed by atoms with Crippen LogP contribution in [0.2, 0.25) is 0 Å². The standard InChI is InChI=1S/C22H22N4O/c27-21(23-13-6-9-17-7-2-1-3-8-17)19-15-24-22(25-16-19)26-14-12-18-10-4-5-11-20(18)26/h1-5,7-8,10-11,15-16H,6,9,12-14H2,(H,23,27). The molecule has 0 aliphatic carbocycles. The number of amides is 1. The van der Waals surface area contributed by atoms with E-state index in [4.69, 9.17) is 0 Å². The Morgan fingerprint density at radius 3 is 2.56 bits per heavy atom. The fraction of sp³-hybridized carbons (Fsp3) is 0.227. The molecule has 0 radical (unpaired) electrons. The number of rotatable bonds is 6. The third-order valence-electron chi connectivity index (χ3n) is 4.80. The summed E-state index contributed by atoms with van der Waals surface area (Å²) >= 11 is 0. The van der Waals surface area contributed by atoms with Crippen molar-refractivity contribution in [3.8, 4) is 0 Å². The topological polar surface area (TPSA) is 58.1 Å². The first-order chi connectivity index (χ1) is 13.3. The first-order valence-corrected chi connectivity index (χ1v) is 9.31. The zero-order valence-corrected chi connectivity index (χ0v) is 15.1. The van der Waals surface area contributed by atoms with Crippen LogP contribution in [-0.4, -0.2) is 29.0 Å². The Hall–Kier alpha value is -3.21. The lowest BCUT2D eigenvalue weighted by Crippen LogP contribution is -2.25. The maximum Gasteiger partial charge on any atom is 0.254 e. The molecule has 2 aromatic carbocycles. The second-order valence-corrected chi connectivity index (χ2v) is 6.65. The molecule has 0 fully saturated rings. The van der Waals surface area contributed by atoms with Crippen molar-refractivity contribution >= 4 is 17.5 Å². The van der Waals surface area contributed by atoms with Crippen LogP contribution in [-0.2, 0) is 12.8 Å². The van der Waals surface area contributed by atoms with Crippen LogP contribution in [0.25, 0.3) is 0 Å². The van der Waals surface area contributed by atoms with Gasteiger partial charge in [0.2, 0.25) is 5.95 Å². The van der Waals surface area contributed by atoms with Gasteiger partial charge in [-0.05, 0) is 36.5 Å². The van der Waals surface area contributed by atoms with E-state index < -0.39 is 0 Å². The van der Waals surface area contributed by atoms with Gasteiger partial charge in [-0.15, -0.1) is 0 Å². The number of aryl methyl sites for hydroxylation is 1. The van der Waals surface area contributed by atoms with Crippen LogP contribution in [0.3, 0.4) is 0 Å². The SMILES string of the molecule is O=C(NCCCc1ccccc1)c1cnc(N2CCc3ccccc32)nc1. The minimum Gasteiger partial charge on any atom is -0.352 e. The number of hydrogen-bond acceptors (Lipinski definition) is 4. The Bertz CT molecular complexity index is 909. The van der Waals surface area contributed by atoms with E-state index in [1.807, 2.05) is 24.3 Å². The van der Waals surface area contributed by atoms with Crippen molar-refractivity contribution in [2.24, 2.45) is 0 Å². The van der Waals surface area contributed by atoms with E-state index in [1.165, 1.54) is 11.1 Å². The maximum absolute atomic E-state index is 12.3. The van der Waals surface area contributed by atoms with E-state index in [0.717, 1.165) is 31.5 Å². The van der Waals surface area contributed by atoms with Crippen molar-refractivity contribution < 1.29 is 4.79 Å². The summed E-state index contributed by atoms with van der Waals surface area (Å²) in [5, 5.41) is 2.94. The molecule has 1 amide bonds. The number of anilines is 2. The molecule has 1 N–H and O–H groups in total. The summed E-state index contributed by atoms with van der Waals surface area (Å²) in [6, 6.07) is 18.6. The van der Waals surface area contributed by atoms with Gasteiger partial charge in [0, 0.05) is 31.2 Å². The molecule has 5 nitrogen and oxygen atoms in total. The van der Waals surface area contributed by atoms with Crippen molar-refractivity contribution in [2.75, 3.05) is 18.0 Å². The highest BCUT2D eigenvalue weighted by Gasteiger charge is 2.21. The van der Waals surface area contributed by atoms with Crippen LogP contribution >= 0.6 is 0 Å². The summed E-state index contributed by atoms with van der Waals surface area (Å²) in [7, 11) is 0. The van der Waals surface area contributed by atoms with E-state index in [0.29, 0.717) is 18.1 Å². The van der Waals surface area contributed by atoms with Crippen molar-refractivity contribution in [2.45, 2.75) is 19.3 Å². The first kappa shape index (κ1) is 17.2. The molecule has 3 aromatic rings. The van der Waals surface area contributed by atoms with E-state index in [2.05, 4.69) is 50.5 Å². The molecule has 0 saturated heterocycles. The van der Waals surface area contributed by atoms with Crippen molar-refractivity contribution in [1.29, 1.82) is 0 Å². The zero-order chi connectivity index (χ0) is 18.5. The summed E-state index contributed by atoms with van der Waals surface area (Å²) in [4.78, 5) is 23.2. The summed E-state index contributed by atoms with van der Waals surface area (Å²) in [6.07, 6.45) is 6.05. The van der Waals surface area contributed by atoms with Crippen LogP contribution in [0.4, 0.5) is 11.6 Å². The predicted molar refractivity (Wildman–Crippen MR) is 106 cm³/mol. The molecule has 5 heteroatoms. The van der Waals surface area contributed by atoms with Crippen LogP contribution in [0.5, 0.6) is 0 Å². The molecule has 2 heterocycles. The summed E-state index contributed by atoms with van der Waals surface area (Å²) in [5.74, 6) is 0.511. The second-order valence-electron chi connectivity index (χ2n) is 6.65. The maximum atomic E-state index is 12.3. The van der Waals surface area contributed by atoms with Crippen LogP contribution in [0, 0.1) is 0 Å². The molecule has 1 aliphatic rings. The molecule has 0 unspecified atom stereocenters. The fourth-order valence-electron chi connectivity index (χ4n) is 3.37. The number of aromatic nitrogens is 2. The van der Waals surface area contributed by atoms with E-state index in [-0.39, 0.29) is 5.91 Å². The van der Waals surface area contributed by atoms with Gasteiger partial charge in [-0.25, -0.2) is 9.97 Å². The third-order valence-corrected chi connectivity index (χ3v) is 4.80. The quantitative estimate of drug-likeness (QED) is 0.685. The van der Waals surface area contributed by atoms with Gasteiger partial charge in [-0.3, -0.25) is 4.79 Å². The average Bonchev–Trinajstić information content (AvgIpc) is 3.16. The van der Waals surface area contributed by atoms with Crippen LogP contribution in [0.15, 0.2) is 67.0 Å². The molecule has 1 aromatic heterocycles. The first-order valence-electron chi connectivity index (χ1n) is 9.31. The Morgan fingerprint density at radius 2 is 1.74 bits per heavy atom. The van der Waals surface area contributed by atoms with Gasteiger partial charge in [-0.1, -0.05) is 48.5 Å². The lowest BCUT2D eigenvalue weighted by molar-refractivity contribution is 0.0952. The number of nitrogens with zero attached hydrogens (tertiary/aromatic N) is 3. The van der Waals surface area contributed by atoms with Gasteiger partial charge in [0.25, 0.3) is 5.91 Å². The highest BCUT2D eigenvalue weighted by atomic mass is 16.1. The normalized spacial score (nSPS) is 12.7. The minimum atomic E-state index is -0.128. The highest BCUT2D eigenvalue weighted by Crippen LogP contribution is 2.31.